The molecule has 3 heteroatoms. The van der Waals surface area contributed by atoms with E-state index in [1.54, 1.807) is 12.4 Å². The molecule has 2 aromatic rings. The molecule has 3 nitrogen and oxygen atoms in total. The summed E-state index contributed by atoms with van der Waals surface area (Å²) >= 11 is 0. The van der Waals surface area contributed by atoms with Crippen LogP contribution in [0.1, 0.15) is 35.8 Å². The number of aromatic nitrogens is 2. The van der Waals surface area contributed by atoms with E-state index in [-0.39, 0.29) is 0 Å². The molecule has 0 fully saturated rings. The average molecular weight is 202 g/mol. The highest BCUT2D eigenvalue weighted by Gasteiger charge is 2.16. The van der Waals surface area contributed by atoms with Gasteiger partial charge in [-0.2, -0.15) is 0 Å². The highest BCUT2D eigenvalue weighted by molar-refractivity contribution is 5.99. The van der Waals surface area contributed by atoms with E-state index < -0.39 is 0 Å². The third-order valence-corrected chi connectivity index (χ3v) is 2.75. The molecule has 2 aromatic heterocycles. The van der Waals surface area contributed by atoms with Crippen LogP contribution >= 0.6 is 0 Å². The topological polar surface area (TPSA) is 34.9 Å². The molecule has 0 unspecified atom stereocenters. The van der Waals surface area contributed by atoms with Crippen molar-refractivity contribution in [1.82, 2.24) is 9.55 Å². The third-order valence-electron chi connectivity index (χ3n) is 2.75. The van der Waals surface area contributed by atoms with Crippen molar-refractivity contribution in [1.29, 1.82) is 0 Å². The summed E-state index contributed by atoms with van der Waals surface area (Å²) in [6, 6.07) is 1.89. The van der Waals surface area contributed by atoms with Gasteiger partial charge in [-0.1, -0.05) is 13.8 Å². The van der Waals surface area contributed by atoms with Crippen molar-refractivity contribution in [2.75, 3.05) is 0 Å². The largest absolute Gasteiger partial charge is 0.345 e. The Morgan fingerprint density at radius 2 is 2.20 bits per heavy atom. The number of rotatable bonds is 2. The van der Waals surface area contributed by atoms with Gasteiger partial charge >= 0.3 is 0 Å². The molecule has 0 N–H and O–H groups in total. The Morgan fingerprint density at radius 1 is 1.47 bits per heavy atom. The first-order chi connectivity index (χ1) is 7.16. The lowest BCUT2D eigenvalue weighted by Gasteiger charge is -2.08. The van der Waals surface area contributed by atoms with Crippen molar-refractivity contribution in [3.05, 3.63) is 29.7 Å². The van der Waals surface area contributed by atoms with Crippen LogP contribution in [0.3, 0.4) is 0 Å². The van der Waals surface area contributed by atoms with Gasteiger partial charge in [0.05, 0.1) is 11.7 Å². The van der Waals surface area contributed by atoms with E-state index in [4.69, 9.17) is 0 Å². The van der Waals surface area contributed by atoms with Gasteiger partial charge < -0.3 is 4.57 Å². The number of hydrogen-bond acceptors (Lipinski definition) is 2. The molecule has 2 rings (SSSR count). The molecule has 0 aliphatic rings. The highest BCUT2D eigenvalue weighted by atomic mass is 16.1. The smallest absolute Gasteiger partial charge is 0.152 e. The SMILES string of the molecule is CC(C)c1c(C=O)c2ccncc2n1C. The van der Waals surface area contributed by atoms with Crippen LogP contribution in [0, 0.1) is 0 Å². The number of carbonyl (C=O) groups excluding carboxylic acids is 1. The molecule has 0 radical (unpaired) electrons. The Morgan fingerprint density at radius 3 is 2.80 bits per heavy atom. The molecular weight excluding hydrogens is 188 g/mol. The quantitative estimate of drug-likeness (QED) is 0.701. The van der Waals surface area contributed by atoms with Crippen molar-refractivity contribution >= 4 is 17.2 Å². The molecule has 15 heavy (non-hydrogen) atoms. The van der Waals surface area contributed by atoms with E-state index in [1.807, 2.05) is 13.1 Å². The minimum atomic E-state index is 0.336. The summed E-state index contributed by atoms with van der Waals surface area (Å²) in [5, 5.41) is 0.992. The molecule has 78 valence electrons. The Hall–Kier alpha value is -1.64. The fraction of sp³-hybridized carbons (Fsp3) is 0.333. The fourth-order valence-corrected chi connectivity index (χ4v) is 2.15. The summed E-state index contributed by atoms with van der Waals surface area (Å²) in [5.74, 6) is 0.336. The van der Waals surface area contributed by atoms with Crippen molar-refractivity contribution in [2.24, 2.45) is 7.05 Å². The predicted octanol–water partition coefficient (Wildman–Crippen LogP) is 2.51. The maximum atomic E-state index is 11.1. The van der Waals surface area contributed by atoms with Gasteiger partial charge in [0, 0.05) is 29.9 Å². The van der Waals surface area contributed by atoms with E-state index in [2.05, 4.69) is 23.4 Å². The lowest BCUT2D eigenvalue weighted by molar-refractivity contribution is 0.112. The van der Waals surface area contributed by atoms with Crippen molar-refractivity contribution in [3.63, 3.8) is 0 Å². The minimum absolute atomic E-state index is 0.336. The van der Waals surface area contributed by atoms with Crippen LogP contribution in [0.15, 0.2) is 18.5 Å². The Kier molecular flexibility index (Phi) is 2.31. The predicted molar refractivity (Wildman–Crippen MR) is 60.2 cm³/mol. The molecule has 0 amide bonds. The Bertz CT molecular complexity index is 512. The molecule has 2 heterocycles. The van der Waals surface area contributed by atoms with Crippen molar-refractivity contribution in [2.45, 2.75) is 19.8 Å². The van der Waals surface area contributed by atoms with Gasteiger partial charge in [0.1, 0.15) is 0 Å². The number of aldehydes is 1. The lowest BCUT2D eigenvalue weighted by Crippen LogP contribution is -2.00. The van der Waals surface area contributed by atoms with Gasteiger partial charge in [0.25, 0.3) is 0 Å². The van der Waals surface area contributed by atoms with Crippen LogP contribution in [-0.4, -0.2) is 15.8 Å². The van der Waals surface area contributed by atoms with Crippen LogP contribution in [0.4, 0.5) is 0 Å². The molecule has 0 aliphatic carbocycles. The van der Waals surface area contributed by atoms with Crippen LogP contribution in [0.2, 0.25) is 0 Å². The van der Waals surface area contributed by atoms with Crippen LogP contribution in [-0.2, 0) is 7.05 Å². The molecule has 0 aliphatic heterocycles. The van der Waals surface area contributed by atoms with Gasteiger partial charge in [0.15, 0.2) is 6.29 Å². The number of pyridine rings is 1. The molecule has 0 atom stereocenters. The number of carbonyl (C=O) groups is 1. The number of fused-ring (bicyclic) bond motifs is 1. The normalized spacial score (nSPS) is 11.2. The molecule has 0 saturated carbocycles. The maximum absolute atomic E-state index is 11.1. The summed E-state index contributed by atoms with van der Waals surface area (Å²) in [6.45, 7) is 4.18. The fourth-order valence-electron chi connectivity index (χ4n) is 2.15. The average Bonchev–Trinajstić information content (AvgIpc) is 2.52. The van der Waals surface area contributed by atoms with Crippen LogP contribution in [0.25, 0.3) is 10.9 Å². The zero-order chi connectivity index (χ0) is 11.0. The maximum Gasteiger partial charge on any atom is 0.152 e. The third kappa shape index (κ3) is 1.35. The summed E-state index contributed by atoms with van der Waals surface area (Å²) in [7, 11) is 1.98. The van der Waals surface area contributed by atoms with E-state index >= 15 is 0 Å². The van der Waals surface area contributed by atoms with Crippen LogP contribution < -0.4 is 0 Å². The summed E-state index contributed by atoms with van der Waals surface area (Å²) < 4.78 is 2.05. The highest BCUT2D eigenvalue weighted by Crippen LogP contribution is 2.28. The zero-order valence-corrected chi connectivity index (χ0v) is 9.19. The van der Waals surface area contributed by atoms with Gasteiger partial charge in [-0.05, 0) is 12.0 Å². The standard InChI is InChI=1S/C12H14N2O/c1-8(2)12-10(7-15)9-4-5-13-6-11(9)14(12)3/h4-8H,1-3H3. The van der Waals surface area contributed by atoms with Gasteiger partial charge in [-0.15, -0.1) is 0 Å². The molecule has 0 spiro atoms. The molecular formula is C12H14N2O. The van der Waals surface area contributed by atoms with Crippen molar-refractivity contribution in [3.8, 4) is 0 Å². The van der Waals surface area contributed by atoms with Crippen LogP contribution in [0.5, 0.6) is 0 Å². The van der Waals surface area contributed by atoms with Gasteiger partial charge in [-0.25, -0.2) is 0 Å². The van der Waals surface area contributed by atoms with Crippen molar-refractivity contribution < 1.29 is 4.79 Å². The van der Waals surface area contributed by atoms with E-state index in [0.717, 1.165) is 28.4 Å². The molecule has 0 aromatic carbocycles. The minimum Gasteiger partial charge on any atom is -0.345 e. The Labute approximate surface area is 88.7 Å². The monoisotopic (exact) mass is 202 g/mol. The molecule has 0 saturated heterocycles. The second-order valence-corrected chi connectivity index (χ2v) is 4.02. The molecule has 0 bridgehead atoms. The second-order valence-electron chi connectivity index (χ2n) is 4.02. The van der Waals surface area contributed by atoms with E-state index in [0.29, 0.717) is 5.92 Å². The summed E-state index contributed by atoms with van der Waals surface area (Å²) in [5.41, 5.74) is 2.89. The first-order valence-corrected chi connectivity index (χ1v) is 5.04. The first kappa shape index (κ1) is 9.90. The number of hydrogen-bond donors (Lipinski definition) is 0. The van der Waals surface area contributed by atoms with E-state index in [1.165, 1.54) is 0 Å². The number of nitrogens with zero attached hydrogens (tertiary/aromatic N) is 2. The lowest BCUT2D eigenvalue weighted by atomic mass is 10.1. The first-order valence-electron chi connectivity index (χ1n) is 5.04. The zero-order valence-electron chi connectivity index (χ0n) is 9.19. The summed E-state index contributed by atoms with van der Waals surface area (Å²) in [4.78, 5) is 15.2. The van der Waals surface area contributed by atoms with Gasteiger partial charge in [0.2, 0.25) is 0 Å². The summed E-state index contributed by atoms with van der Waals surface area (Å²) in [6.07, 6.45) is 4.46. The van der Waals surface area contributed by atoms with E-state index in [9.17, 15) is 4.79 Å². The number of aryl methyl sites for hydroxylation is 1. The van der Waals surface area contributed by atoms with Gasteiger partial charge in [-0.3, -0.25) is 9.78 Å². The Balaban J connectivity index is 2.90. The second kappa shape index (κ2) is 3.50.